The van der Waals surface area contributed by atoms with Crippen molar-refractivity contribution in [3.63, 3.8) is 0 Å². The van der Waals surface area contributed by atoms with Crippen molar-refractivity contribution in [2.24, 2.45) is 0 Å². The zero-order valence-electron chi connectivity index (χ0n) is 19.4. The van der Waals surface area contributed by atoms with Crippen molar-refractivity contribution in [1.29, 1.82) is 0 Å². The summed E-state index contributed by atoms with van der Waals surface area (Å²) in [6.45, 7) is 5.36. The Morgan fingerprint density at radius 3 is 2.68 bits per heavy atom. The number of benzene rings is 2. The minimum absolute atomic E-state index is 0.0375. The molecule has 0 radical (unpaired) electrons. The maximum absolute atomic E-state index is 14.7. The Bertz CT molecular complexity index is 1240. The van der Waals surface area contributed by atoms with Gasteiger partial charge in [0.1, 0.15) is 23.6 Å². The lowest BCUT2D eigenvalue weighted by atomic mass is 10.0. The van der Waals surface area contributed by atoms with Crippen LogP contribution in [0.15, 0.2) is 42.0 Å². The molecule has 0 spiro atoms. The Hall–Kier alpha value is -3.33. The van der Waals surface area contributed by atoms with Gasteiger partial charge in [0.25, 0.3) is 5.92 Å². The molecular weight excluding hydrogens is 447 g/mol. The number of rotatable bonds is 8. The normalized spacial score (nSPS) is 14.7. The first-order chi connectivity index (χ1) is 16.2. The van der Waals surface area contributed by atoms with Crippen LogP contribution in [0.3, 0.4) is 0 Å². The largest absolute Gasteiger partial charge is 0.493 e. The molecule has 34 heavy (non-hydrogen) atoms. The molecule has 0 saturated heterocycles. The van der Waals surface area contributed by atoms with E-state index in [9.17, 15) is 13.2 Å². The quantitative estimate of drug-likeness (QED) is 0.434. The number of hydrogen-bond acceptors (Lipinski definition) is 6. The third kappa shape index (κ3) is 4.94. The van der Waals surface area contributed by atoms with E-state index in [0.717, 1.165) is 11.6 Å². The van der Waals surface area contributed by atoms with Gasteiger partial charge >= 0.3 is 0 Å². The zero-order chi connectivity index (χ0) is 24.5. The topological polar surface area (TPSA) is 65.5 Å². The molecule has 9 heteroatoms. The van der Waals surface area contributed by atoms with Crippen molar-refractivity contribution in [1.82, 2.24) is 9.97 Å². The van der Waals surface area contributed by atoms with E-state index < -0.39 is 17.3 Å². The predicted octanol–water partition coefficient (Wildman–Crippen LogP) is 5.53. The lowest BCUT2D eigenvalue weighted by Crippen LogP contribution is -2.16. The molecule has 1 atom stereocenters. The summed E-state index contributed by atoms with van der Waals surface area (Å²) in [4.78, 5) is 8.92. The summed E-state index contributed by atoms with van der Waals surface area (Å²) < 4.78 is 59.2. The molecule has 180 valence electrons. The van der Waals surface area contributed by atoms with Crippen LogP contribution < -0.4 is 14.8 Å². The fraction of sp³-hybridized carbons (Fsp3) is 0.360. The van der Waals surface area contributed by atoms with Crippen molar-refractivity contribution < 1.29 is 27.4 Å². The van der Waals surface area contributed by atoms with Gasteiger partial charge in [0, 0.05) is 30.5 Å². The smallest absolute Gasteiger partial charge is 0.273 e. The zero-order valence-corrected chi connectivity index (χ0v) is 19.4. The second-order valence-corrected chi connectivity index (χ2v) is 8.21. The molecule has 1 aromatic heterocycles. The molecule has 0 fully saturated rings. The van der Waals surface area contributed by atoms with Gasteiger partial charge in [-0.25, -0.2) is 23.1 Å². The summed E-state index contributed by atoms with van der Waals surface area (Å²) in [6, 6.07) is 7.47. The number of halogens is 3. The number of methoxy groups -OCH3 is 1. The number of nitrogens with one attached hydrogen (secondary N) is 1. The van der Waals surface area contributed by atoms with Crippen LogP contribution in [0.1, 0.15) is 30.8 Å². The Labute approximate surface area is 195 Å². The standard InChI is InChI=1S/C25H26F3N3O3/c1-14(17-8-9-33-13-17)34-22-10-18-20(11-21(22)32-4)30-15(2)31-24(18)29-12-16-6-5-7-19(23(16)26)25(3,27)28/h5-8,10-11,14H,9,12-13H2,1-4H3,(H,29,30,31). The molecule has 2 aromatic carbocycles. The molecule has 1 unspecified atom stereocenters. The minimum atomic E-state index is -3.28. The Kier molecular flexibility index (Phi) is 6.65. The van der Waals surface area contributed by atoms with Crippen molar-refractivity contribution in [2.75, 3.05) is 25.6 Å². The van der Waals surface area contributed by atoms with Crippen LogP contribution in [0.25, 0.3) is 10.9 Å². The monoisotopic (exact) mass is 473 g/mol. The predicted molar refractivity (Wildman–Crippen MR) is 123 cm³/mol. The second kappa shape index (κ2) is 9.50. The van der Waals surface area contributed by atoms with Crippen LogP contribution in [0.2, 0.25) is 0 Å². The van der Waals surface area contributed by atoms with Crippen LogP contribution >= 0.6 is 0 Å². The van der Waals surface area contributed by atoms with Crippen molar-refractivity contribution in [3.05, 3.63) is 64.7 Å². The van der Waals surface area contributed by atoms with E-state index >= 15 is 0 Å². The average molecular weight is 473 g/mol. The van der Waals surface area contributed by atoms with Gasteiger partial charge in [-0.3, -0.25) is 0 Å². The van der Waals surface area contributed by atoms with Gasteiger partial charge in [-0.2, -0.15) is 0 Å². The van der Waals surface area contributed by atoms with E-state index in [1.165, 1.54) is 12.1 Å². The second-order valence-electron chi connectivity index (χ2n) is 8.21. The molecule has 1 aliphatic heterocycles. The first kappa shape index (κ1) is 23.8. The fourth-order valence-corrected chi connectivity index (χ4v) is 3.82. The molecule has 2 heterocycles. The number of aromatic nitrogens is 2. The van der Waals surface area contributed by atoms with Crippen LogP contribution in [-0.4, -0.2) is 36.4 Å². The summed E-state index contributed by atoms with van der Waals surface area (Å²) in [6.07, 6.45) is 1.75. The fourth-order valence-electron chi connectivity index (χ4n) is 3.82. The SMILES string of the molecule is COc1cc2nc(C)nc(NCc3cccc(C(C)(F)F)c3F)c2cc1OC(C)C1=CCOC1. The Balaban J connectivity index is 1.67. The van der Waals surface area contributed by atoms with Crippen LogP contribution in [0.5, 0.6) is 11.5 Å². The first-order valence-corrected chi connectivity index (χ1v) is 10.9. The maximum atomic E-state index is 14.7. The van der Waals surface area contributed by atoms with Gasteiger partial charge in [0.2, 0.25) is 0 Å². The summed E-state index contributed by atoms with van der Waals surface area (Å²) in [7, 11) is 1.54. The molecule has 1 aliphatic rings. The third-order valence-electron chi connectivity index (χ3n) is 5.65. The number of nitrogens with zero attached hydrogens (tertiary/aromatic N) is 2. The van der Waals surface area contributed by atoms with Gasteiger partial charge in [-0.1, -0.05) is 24.3 Å². The molecule has 1 N–H and O–H groups in total. The van der Waals surface area contributed by atoms with Gasteiger partial charge in [-0.05, 0) is 25.5 Å². The molecule has 6 nitrogen and oxygen atoms in total. The summed E-state index contributed by atoms with van der Waals surface area (Å²) in [5.41, 5.74) is 1.10. The summed E-state index contributed by atoms with van der Waals surface area (Å²) >= 11 is 0. The third-order valence-corrected chi connectivity index (χ3v) is 5.65. The molecule has 0 saturated carbocycles. The number of fused-ring (bicyclic) bond motifs is 1. The van der Waals surface area contributed by atoms with E-state index in [0.29, 0.717) is 54.2 Å². The molecule has 0 aliphatic carbocycles. The van der Waals surface area contributed by atoms with Gasteiger partial charge in [0.05, 0.1) is 31.4 Å². The molecule has 4 rings (SSSR count). The van der Waals surface area contributed by atoms with Gasteiger partial charge in [-0.15, -0.1) is 0 Å². The van der Waals surface area contributed by atoms with Crippen molar-refractivity contribution >= 4 is 16.7 Å². The lowest BCUT2D eigenvalue weighted by Gasteiger charge is -2.19. The molecule has 0 bridgehead atoms. The van der Waals surface area contributed by atoms with Crippen molar-refractivity contribution in [3.8, 4) is 11.5 Å². The number of alkyl halides is 2. The highest BCUT2D eigenvalue weighted by Crippen LogP contribution is 2.36. The number of anilines is 1. The van der Waals surface area contributed by atoms with E-state index in [1.807, 2.05) is 13.0 Å². The number of hydrogen-bond donors (Lipinski definition) is 1. The van der Waals surface area contributed by atoms with E-state index in [1.54, 1.807) is 26.2 Å². The van der Waals surface area contributed by atoms with Crippen molar-refractivity contribution in [2.45, 2.75) is 39.3 Å². The Morgan fingerprint density at radius 1 is 1.21 bits per heavy atom. The first-order valence-electron chi connectivity index (χ1n) is 10.9. The van der Waals surface area contributed by atoms with E-state index in [2.05, 4.69) is 15.3 Å². The highest BCUT2D eigenvalue weighted by atomic mass is 19.3. The highest BCUT2D eigenvalue weighted by molar-refractivity contribution is 5.91. The summed E-state index contributed by atoms with van der Waals surface area (Å²) in [5.74, 6) is -2.31. The maximum Gasteiger partial charge on any atom is 0.273 e. The lowest BCUT2D eigenvalue weighted by molar-refractivity contribution is 0.0136. The molecular formula is C25H26F3N3O3. The Morgan fingerprint density at radius 2 is 2.00 bits per heavy atom. The van der Waals surface area contributed by atoms with E-state index in [-0.39, 0.29) is 18.2 Å². The van der Waals surface area contributed by atoms with Crippen LogP contribution in [-0.2, 0) is 17.2 Å². The number of ether oxygens (including phenoxy) is 3. The highest BCUT2D eigenvalue weighted by Gasteiger charge is 2.29. The van der Waals surface area contributed by atoms with Gasteiger partial charge in [0.15, 0.2) is 11.5 Å². The molecule has 3 aromatic rings. The number of aryl methyl sites for hydroxylation is 1. The van der Waals surface area contributed by atoms with Crippen LogP contribution in [0, 0.1) is 12.7 Å². The average Bonchev–Trinajstić information content (AvgIpc) is 3.32. The van der Waals surface area contributed by atoms with Crippen LogP contribution in [0.4, 0.5) is 19.0 Å². The molecule has 0 amide bonds. The van der Waals surface area contributed by atoms with Gasteiger partial charge < -0.3 is 19.5 Å². The van der Waals surface area contributed by atoms with E-state index in [4.69, 9.17) is 14.2 Å². The minimum Gasteiger partial charge on any atom is -0.493 e. The summed E-state index contributed by atoms with van der Waals surface area (Å²) in [5, 5.41) is 3.70.